The maximum atomic E-state index is 12.9. The minimum absolute atomic E-state index is 0.0178. The van der Waals surface area contributed by atoms with Gasteiger partial charge in [0.1, 0.15) is 0 Å². The highest BCUT2D eigenvalue weighted by Gasteiger charge is 2.40. The molecule has 2 fully saturated rings. The highest BCUT2D eigenvalue weighted by atomic mass is 32.2. The van der Waals surface area contributed by atoms with Crippen molar-refractivity contribution in [2.45, 2.75) is 49.8 Å². The minimum Gasteiger partial charge on any atom is -0.391 e. The third-order valence-corrected chi connectivity index (χ3v) is 7.66. The van der Waals surface area contributed by atoms with E-state index in [1.807, 2.05) is 6.92 Å². The summed E-state index contributed by atoms with van der Waals surface area (Å²) in [5.41, 5.74) is 0. The van der Waals surface area contributed by atoms with Gasteiger partial charge in [0, 0.05) is 30.1 Å². The van der Waals surface area contributed by atoms with Crippen molar-refractivity contribution in [3.05, 3.63) is 16.3 Å². The zero-order chi connectivity index (χ0) is 15.0. The smallest absolute Gasteiger partial charge is 0.244 e. The molecule has 7 heteroatoms. The summed E-state index contributed by atoms with van der Waals surface area (Å²) in [7, 11) is -3.50. The highest BCUT2D eigenvalue weighted by Crippen LogP contribution is 2.31. The molecule has 2 unspecified atom stereocenters. The summed E-state index contributed by atoms with van der Waals surface area (Å²) in [4.78, 5) is 3.25. The van der Waals surface area contributed by atoms with Crippen molar-refractivity contribution in [2.24, 2.45) is 0 Å². The Balaban J connectivity index is 1.88. The first kappa shape index (κ1) is 15.4. The van der Waals surface area contributed by atoms with Gasteiger partial charge in [-0.3, -0.25) is 4.90 Å². The van der Waals surface area contributed by atoms with Crippen molar-refractivity contribution in [2.75, 3.05) is 19.6 Å². The molecule has 21 heavy (non-hydrogen) atoms. The molecule has 5 nitrogen and oxygen atoms in total. The average molecular weight is 330 g/mol. The van der Waals surface area contributed by atoms with Crippen molar-refractivity contribution in [1.29, 1.82) is 0 Å². The van der Waals surface area contributed by atoms with Crippen molar-refractivity contribution >= 4 is 21.4 Å². The second-order valence-corrected chi connectivity index (χ2v) is 8.79. The first-order valence-electron chi connectivity index (χ1n) is 7.47. The van der Waals surface area contributed by atoms with Crippen LogP contribution in [0.4, 0.5) is 0 Å². The lowest BCUT2D eigenvalue weighted by Crippen LogP contribution is -2.59. The van der Waals surface area contributed by atoms with Crippen LogP contribution in [0.3, 0.4) is 0 Å². The van der Waals surface area contributed by atoms with E-state index in [9.17, 15) is 13.5 Å². The fourth-order valence-electron chi connectivity index (χ4n) is 3.46. The van der Waals surface area contributed by atoms with Gasteiger partial charge in [-0.25, -0.2) is 8.42 Å². The molecule has 0 radical (unpaired) electrons. The van der Waals surface area contributed by atoms with Crippen LogP contribution in [0.1, 0.15) is 31.1 Å². The Bertz CT molecular complexity index is 599. The van der Waals surface area contributed by atoms with Gasteiger partial charge < -0.3 is 5.11 Å². The second kappa shape index (κ2) is 5.96. The van der Waals surface area contributed by atoms with Crippen molar-refractivity contribution in [1.82, 2.24) is 9.21 Å². The molecular weight excluding hydrogens is 308 g/mol. The first-order chi connectivity index (χ1) is 10.0. The lowest BCUT2D eigenvalue weighted by atomic mass is 9.99. The van der Waals surface area contributed by atoms with E-state index in [0.29, 0.717) is 17.5 Å². The summed E-state index contributed by atoms with van der Waals surface area (Å²) in [6, 6.07) is 1.95. The summed E-state index contributed by atoms with van der Waals surface area (Å²) in [5, 5.41) is 11.1. The van der Waals surface area contributed by atoms with E-state index in [0.717, 1.165) is 19.5 Å². The van der Waals surface area contributed by atoms with Crippen LogP contribution < -0.4 is 0 Å². The molecule has 118 valence electrons. The van der Waals surface area contributed by atoms with E-state index in [1.165, 1.54) is 24.2 Å². The van der Waals surface area contributed by atoms with E-state index in [1.54, 1.807) is 15.8 Å². The maximum absolute atomic E-state index is 12.9. The Morgan fingerprint density at radius 3 is 2.95 bits per heavy atom. The predicted octanol–water partition coefficient (Wildman–Crippen LogP) is 1.49. The summed E-state index contributed by atoms with van der Waals surface area (Å²) in [6.45, 7) is 4.23. The van der Waals surface area contributed by atoms with Crippen LogP contribution in [0.2, 0.25) is 0 Å². The van der Waals surface area contributed by atoms with Crippen LogP contribution in [-0.2, 0) is 16.6 Å². The Hall–Kier alpha value is -0.470. The first-order valence-corrected chi connectivity index (χ1v) is 9.79. The highest BCUT2D eigenvalue weighted by molar-refractivity contribution is 7.89. The molecule has 1 aromatic heterocycles. The molecule has 2 aliphatic rings. The van der Waals surface area contributed by atoms with E-state index in [-0.39, 0.29) is 17.5 Å². The average Bonchev–Trinajstić information content (AvgIpc) is 2.95. The largest absolute Gasteiger partial charge is 0.391 e. The fraction of sp³-hybridized carbons (Fsp3) is 0.714. The second-order valence-electron chi connectivity index (χ2n) is 5.93. The number of rotatable bonds is 3. The molecule has 0 aromatic carbocycles. The van der Waals surface area contributed by atoms with Crippen LogP contribution in [-0.4, -0.2) is 54.4 Å². The van der Waals surface area contributed by atoms with Gasteiger partial charge in [0.05, 0.1) is 11.5 Å². The van der Waals surface area contributed by atoms with Gasteiger partial charge in [-0.1, -0.05) is 6.42 Å². The number of sulfonamides is 1. The molecule has 0 saturated carbocycles. The molecule has 0 bridgehead atoms. The number of hydrogen-bond donors (Lipinski definition) is 1. The molecule has 0 aliphatic carbocycles. The fourth-order valence-corrected chi connectivity index (χ4v) is 6.39. The van der Waals surface area contributed by atoms with E-state index in [4.69, 9.17) is 0 Å². The summed E-state index contributed by atoms with van der Waals surface area (Å²) in [5.74, 6) is 0. The number of aliphatic hydroxyl groups excluding tert-OH is 1. The Kier molecular flexibility index (Phi) is 4.38. The van der Waals surface area contributed by atoms with Gasteiger partial charge in [0.15, 0.2) is 0 Å². The summed E-state index contributed by atoms with van der Waals surface area (Å²) < 4.78 is 27.5. The third-order valence-electron chi connectivity index (χ3n) is 4.56. The SMILES string of the molecule is CC1CN2CCCCC2CN1S(=O)(=O)c1ccsc1CO. The molecule has 3 heterocycles. The van der Waals surface area contributed by atoms with E-state index in [2.05, 4.69) is 4.90 Å². The lowest BCUT2D eigenvalue weighted by Gasteiger charge is -2.46. The molecule has 0 amide bonds. The summed E-state index contributed by atoms with van der Waals surface area (Å²) in [6.07, 6.45) is 3.48. The third kappa shape index (κ3) is 2.77. The van der Waals surface area contributed by atoms with Crippen LogP contribution in [0.5, 0.6) is 0 Å². The van der Waals surface area contributed by atoms with Gasteiger partial charge in [-0.05, 0) is 37.8 Å². The zero-order valence-corrected chi connectivity index (χ0v) is 13.9. The Morgan fingerprint density at radius 1 is 1.38 bits per heavy atom. The number of aliphatic hydroxyl groups is 1. The lowest BCUT2D eigenvalue weighted by molar-refractivity contribution is 0.0564. The quantitative estimate of drug-likeness (QED) is 0.912. The molecule has 2 saturated heterocycles. The monoisotopic (exact) mass is 330 g/mol. The number of thiophene rings is 1. The van der Waals surface area contributed by atoms with Gasteiger partial charge >= 0.3 is 0 Å². The zero-order valence-electron chi connectivity index (χ0n) is 12.2. The number of hydrogen-bond acceptors (Lipinski definition) is 5. The van der Waals surface area contributed by atoms with E-state index >= 15 is 0 Å². The molecule has 2 atom stereocenters. The number of piperidine rings is 1. The molecule has 1 aromatic rings. The number of fused-ring (bicyclic) bond motifs is 1. The number of nitrogens with zero attached hydrogens (tertiary/aromatic N) is 2. The Labute approximate surface area is 130 Å². The molecule has 2 aliphatic heterocycles. The minimum atomic E-state index is -3.50. The van der Waals surface area contributed by atoms with Gasteiger partial charge in [-0.15, -0.1) is 11.3 Å². The van der Waals surface area contributed by atoms with Crippen molar-refractivity contribution in [3.63, 3.8) is 0 Å². The molecule has 1 N–H and O–H groups in total. The molecular formula is C14H22N2O3S2. The molecule has 0 spiro atoms. The van der Waals surface area contributed by atoms with Crippen LogP contribution in [0, 0.1) is 0 Å². The standard InChI is InChI=1S/C14H22N2O3S2/c1-11-8-15-6-3-2-4-12(15)9-16(11)21(18,19)14-5-7-20-13(14)10-17/h5,7,11-12,17H,2-4,6,8-10H2,1H3. The van der Waals surface area contributed by atoms with Crippen LogP contribution in [0.15, 0.2) is 16.3 Å². The van der Waals surface area contributed by atoms with Gasteiger partial charge in [0.2, 0.25) is 10.0 Å². The van der Waals surface area contributed by atoms with Crippen LogP contribution >= 0.6 is 11.3 Å². The normalized spacial score (nSPS) is 28.5. The van der Waals surface area contributed by atoms with Gasteiger partial charge in [0.25, 0.3) is 0 Å². The van der Waals surface area contributed by atoms with Gasteiger partial charge in [-0.2, -0.15) is 4.31 Å². The maximum Gasteiger partial charge on any atom is 0.244 e. The predicted molar refractivity (Wildman–Crippen MR) is 82.8 cm³/mol. The summed E-state index contributed by atoms with van der Waals surface area (Å²) >= 11 is 1.30. The molecule has 3 rings (SSSR count). The topological polar surface area (TPSA) is 60.9 Å². The van der Waals surface area contributed by atoms with Crippen LogP contribution in [0.25, 0.3) is 0 Å². The van der Waals surface area contributed by atoms with Crippen molar-refractivity contribution < 1.29 is 13.5 Å². The van der Waals surface area contributed by atoms with Crippen molar-refractivity contribution in [3.8, 4) is 0 Å². The van der Waals surface area contributed by atoms with E-state index < -0.39 is 10.0 Å². The Morgan fingerprint density at radius 2 is 2.19 bits per heavy atom. The number of piperazine rings is 1.